The quantitative estimate of drug-likeness (QED) is 0.690. The van der Waals surface area contributed by atoms with Crippen LogP contribution in [0.2, 0.25) is 0 Å². The number of carbonyl (C=O) groups excluding carboxylic acids is 1. The van der Waals surface area contributed by atoms with Crippen molar-refractivity contribution in [2.45, 2.75) is 31.7 Å². The van der Waals surface area contributed by atoms with E-state index in [9.17, 15) is 4.79 Å². The average molecular weight is 308 g/mol. The van der Waals surface area contributed by atoms with Gasteiger partial charge in [-0.05, 0) is 72.7 Å². The van der Waals surface area contributed by atoms with Gasteiger partial charge in [-0.1, -0.05) is 18.2 Å². The summed E-state index contributed by atoms with van der Waals surface area (Å²) in [5.74, 6) is 0.969. The second-order valence-corrected chi connectivity index (χ2v) is 7.19. The second-order valence-electron chi connectivity index (χ2n) is 7.19. The number of anilines is 1. The van der Waals surface area contributed by atoms with E-state index in [2.05, 4.69) is 29.2 Å². The number of nitrogens with two attached hydrogens (primary N) is 1. The number of rotatable bonds is 4. The van der Waals surface area contributed by atoms with Crippen LogP contribution < -0.4 is 5.73 Å². The van der Waals surface area contributed by atoms with Gasteiger partial charge in [0.15, 0.2) is 0 Å². The third kappa shape index (κ3) is 2.98. The summed E-state index contributed by atoms with van der Waals surface area (Å²) in [7, 11) is 0. The third-order valence-electron chi connectivity index (χ3n) is 5.38. The Kier molecular flexibility index (Phi) is 3.82. The first kappa shape index (κ1) is 14.7. The van der Waals surface area contributed by atoms with Crippen LogP contribution in [-0.2, 0) is 4.79 Å². The molecule has 3 nitrogen and oxygen atoms in total. The van der Waals surface area contributed by atoms with Crippen molar-refractivity contribution in [3.05, 3.63) is 42.0 Å². The number of benzene rings is 2. The first-order valence-electron chi connectivity index (χ1n) is 8.73. The maximum absolute atomic E-state index is 11.7. The summed E-state index contributed by atoms with van der Waals surface area (Å²) in [5.41, 5.74) is 7.95. The lowest BCUT2D eigenvalue weighted by Gasteiger charge is -2.40. The van der Waals surface area contributed by atoms with Crippen LogP contribution in [0, 0.1) is 11.8 Å². The van der Waals surface area contributed by atoms with E-state index in [1.54, 1.807) is 0 Å². The highest BCUT2D eigenvalue weighted by atomic mass is 16.1. The lowest BCUT2D eigenvalue weighted by Crippen LogP contribution is -2.40. The topological polar surface area (TPSA) is 46.3 Å². The number of fused-ring (bicyclic) bond motifs is 1. The maximum atomic E-state index is 11.7. The summed E-state index contributed by atoms with van der Waals surface area (Å²) in [6.07, 6.45) is 6.03. The number of likely N-dealkylation sites (tertiary alicyclic amines) is 1. The molecule has 2 N–H and O–H groups in total. The number of aldehydes is 1. The van der Waals surface area contributed by atoms with Crippen LogP contribution in [0.5, 0.6) is 0 Å². The molecule has 1 saturated heterocycles. The lowest BCUT2D eigenvalue weighted by molar-refractivity contribution is -0.114. The van der Waals surface area contributed by atoms with Crippen LogP contribution in [0.1, 0.15) is 37.3 Å². The number of nitrogens with zero attached hydrogens (tertiary/aromatic N) is 1. The monoisotopic (exact) mass is 308 g/mol. The summed E-state index contributed by atoms with van der Waals surface area (Å²) in [5, 5.41) is 2.37. The molecule has 0 spiro atoms. The first-order valence-corrected chi connectivity index (χ1v) is 8.73. The fourth-order valence-electron chi connectivity index (χ4n) is 4.00. The van der Waals surface area contributed by atoms with Gasteiger partial charge in [-0.25, -0.2) is 0 Å². The Hall–Kier alpha value is -1.87. The Balaban J connectivity index is 1.71. The summed E-state index contributed by atoms with van der Waals surface area (Å²) in [4.78, 5) is 14.2. The Bertz CT molecular complexity index is 723. The van der Waals surface area contributed by atoms with Crippen molar-refractivity contribution in [3.8, 4) is 0 Å². The number of piperidine rings is 1. The molecule has 2 aromatic rings. The van der Waals surface area contributed by atoms with Crippen molar-refractivity contribution in [3.63, 3.8) is 0 Å². The molecule has 1 aliphatic heterocycles. The van der Waals surface area contributed by atoms with Gasteiger partial charge in [0.1, 0.15) is 6.29 Å². The molecule has 1 aliphatic carbocycles. The van der Waals surface area contributed by atoms with E-state index in [4.69, 9.17) is 5.73 Å². The highest BCUT2D eigenvalue weighted by Crippen LogP contribution is 2.40. The predicted octanol–water partition coefficient (Wildman–Crippen LogP) is 3.78. The number of hydrogen-bond donors (Lipinski definition) is 1. The van der Waals surface area contributed by atoms with Gasteiger partial charge in [0.2, 0.25) is 0 Å². The fourth-order valence-corrected chi connectivity index (χ4v) is 4.00. The minimum atomic E-state index is 0.119. The van der Waals surface area contributed by atoms with Crippen molar-refractivity contribution < 1.29 is 4.79 Å². The SMILES string of the molecule is Nc1ccc2cc(C3C(C=O)CCCN3CC3CC3)ccc2c1. The molecule has 2 atom stereocenters. The van der Waals surface area contributed by atoms with E-state index in [1.165, 1.54) is 35.5 Å². The highest BCUT2D eigenvalue weighted by Gasteiger charge is 2.35. The summed E-state index contributed by atoms with van der Waals surface area (Å²) < 4.78 is 0. The van der Waals surface area contributed by atoms with Crippen molar-refractivity contribution in [1.29, 1.82) is 0 Å². The Morgan fingerprint density at radius 1 is 1.09 bits per heavy atom. The van der Waals surface area contributed by atoms with Crippen molar-refractivity contribution in [2.75, 3.05) is 18.8 Å². The molecule has 2 aliphatic rings. The van der Waals surface area contributed by atoms with Gasteiger partial charge in [-0.3, -0.25) is 4.90 Å². The van der Waals surface area contributed by atoms with Gasteiger partial charge in [-0.2, -0.15) is 0 Å². The van der Waals surface area contributed by atoms with E-state index in [1.807, 2.05) is 12.1 Å². The van der Waals surface area contributed by atoms with E-state index in [0.29, 0.717) is 0 Å². The van der Waals surface area contributed by atoms with Crippen LogP contribution in [0.25, 0.3) is 10.8 Å². The Morgan fingerprint density at radius 2 is 1.87 bits per heavy atom. The smallest absolute Gasteiger partial charge is 0.124 e. The van der Waals surface area contributed by atoms with Gasteiger partial charge in [0.25, 0.3) is 0 Å². The number of hydrogen-bond acceptors (Lipinski definition) is 3. The Labute approximate surface area is 137 Å². The molecule has 2 fully saturated rings. The maximum Gasteiger partial charge on any atom is 0.124 e. The normalized spacial score (nSPS) is 25.6. The predicted molar refractivity (Wildman–Crippen MR) is 94.2 cm³/mol. The molecular weight excluding hydrogens is 284 g/mol. The van der Waals surface area contributed by atoms with E-state index < -0.39 is 0 Å². The van der Waals surface area contributed by atoms with Gasteiger partial charge in [-0.15, -0.1) is 0 Å². The zero-order valence-electron chi connectivity index (χ0n) is 13.4. The third-order valence-corrected chi connectivity index (χ3v) is 5.38. The van der Waals surface area contributed by atoms with Gasteiger partial charge in [0.05, 0.1) is 0 Å². The van der Waals surface area contributed by atoms with E-state index in [-0.39, 0.29) is 12.0 Å². The van der Waals surface area contributed by atoms with Crippen LogP contribution >= 0.6 is 0 Å². The van der Waals surface area contributed by atoms with Crippen LogP contribution in [0.15, 0.2) is 36.4 Å². The number of carbonyl (C=O) groups is 1. The second kappa shape index (κ2) is 5.97. The fraction of sp³-hybridized carbons (Fsp3) is 0.450. The lowest BCUT2D eigenvalue weighted by atomic mass is 9.84. The molecule has 1 heterocycles. The Morgan fingerprint density at radius 3 is 2.65 bits per heavy atom. The molecule has 0 radical (unpaired) electrons. The average Bonchev–Trinajstić information content (AvgIpc) is 3.38. The summed E-state index contributed by atoms with van der Waals surface area (Å²) in [6, 6.07) is 12.9. The summed E-state index contributed by atoms with van der Waals surface area (Å²) >= 11 is 0. The molecule has 2 aromatic carbocycles. The minimum absolute atomic E-state index is 0.119. The van der Waals surface area contributed by atoms with Gasteiger partial charge < -0.3 is 10.5 Å². The van der Waals surface area contributed by atoms with Crippen LogP contribution in [0.3, 0.4) is 0 Å². The molecule has 0 amide bonds. The highest BCUT2D eigenvalue weighted by molar-refractivity contribution is 5.86. The summed E-state index contributed by atoms with van der Waals surface area (Å²) in [6.45, 7) is 2.26. The molecule has 0 bridgehead atoms. The molecular formula is C20H24N2O. The zero-order valence-corrected chi connectivity index (χ0v) is 13.4. The minimum Gasteiger partial charge on any atom is -0.399 e. The first-order chi connectivity index (χ1) is 11.2. The number of nitrogen functional groups attached to an aromatic ring is 1. The van der Waals surface area contributed by atoms with Gasteiger partial charge in [0, 0.05) is 24.2 Å². The van der Waals surface area contributed by atoms with Crippen LogP contribution in [0.4, 0.5) is 5.69 Å². The van der Waals surface area contributed by atoms with Crippen molar-refractivity contribution in [2.24, 2.45) is 11.8 Å². The standard InChI is InChI=1S/C20H24N2O/c21-19-8-7-15-10-17(6-5-16(15)11-19)20-18(13-23)2-1-9-22(20)12-14-3-4-14/h5-8,10-11,13-14,18,20H,1-4,9,12,21H2. The van der Waals surface area contributed by atoms with E-state index in [0.717, 1.165) is 37.5 Å². The van der Waals surface area contributed by atoms with Crippen molar-refractivity contribution in [1.82, 2.24) is 4.90 Å². The van der Waals surface area contributed by atoms with Gasteiger partial charge >= 0.3 is 0 Å². The molecule has 4 rings (SSSR count). The molecule has 3 heteroatoms. The molecule has 23 heavy (non-hydrogen) atoms. The molecule has 1 saturated carbocycles. The van der Waals surface area contributed by atoms with Crippen LogP contribution in [-0.4, -0.2) is 24.3 Å². The molecule has 2 unspecified atom stereocenters. The van der Waals surface area contributed by atoms with E-state index >= 15 is 0 Å². The zero-order chi connectivity index (χ0) is 15.8. The largest absolute Gasteiger partial charge is 0.399 e. The molecule has 0 aromatic heterocycles. The van der Waals surface area contributed by atoms with Crippen molar-refractivity contribution >= 4 is 22.7 Å². The molecule has 120 valence electrons.